The molecule has 0 saturated carbocycles. The summed E-state index contributed by atoms with van der Waals surface area (Å²) in [5, 5.41) is 16.7. The number of hydrogen-bond donors (Lipinski definition) is 2. The number of nitrogens with one attached hydrogen (secondary N) is 1. The lowest BCUT2D eigenvalue weighted by molar-refractivity contribution is -0.140. The Bertz CT molecular complexity index is 757. The highest BCUT2D eigenvalue weighted by molar-refractivity contribution is 6.30. The van der Waals surface area contributed by atoms with E-state index in [1.807, 2.05) is 19.9 Å². The molecular formula is C17H20ClN3O3. The van der Waals surface area contributed by atoms with Crippen molar-refractivity contribution in [3.63, 3.8) is 0 Å². The maximum atomic E-state index is 12.4. The first kappa shape index (κ1) is 18.0. The smallest absolute Gasteiger partial charge is 0.326 e. The van der Waals surface area contributed by atoms with Gasteiger partial charge < -0.3 is 10.4 Å². The average molecular weight is 350 g/mol. The molecule has 0 saturated heterocycles. The number of halogens is 1. The molecule has 0 aliphatic heterocycles. The lowest BCUT2D eigenvalue weighted by Crippen LogP contribution is -2.45. The molecule has 24 heavy (non-hydrogen) atoms. The van der Waals surface area contributed by atoms with Crippen molar-refractivity contribution >= 4 is 23.5 Å². The van der Waals surface area contributed by atoms with Gasteiger partial charge in [-0.1, -0.05) is 37.9 Å². The zero-order valence-corrected chi connectivity index (χ0v) is 14.5. The van der Waals surface area contributed by atoms with Crippen LogP contribution in [0.1, 0.15) is 36.5 Å². The van der Waals surface area contributed by atoms with Crippen molar-refractivity contribution in [3.05, 3.63) is 46.7 Å². The zero-order valence-electron chi connectivity index (χ0n) is 13.8. The van der Waals surface area contributed by atoms with Crippen LogP contribution < -0.4 is 5.32 Å². The summed E-state index contributed by atoms with van der Waals surface area (Å²) in [5.41, 5.74) is 1.65. The summed E-state index contributed by atoms with van der Waals surface area (Å²) in [7, 11) is 0. The van der Waals surface area contributed by atoms with Crippen molar-refractivity contribution in [2.45, 2.75) is 33.2 Å². The van der Waals surface area contributed by atoms with Gasteiger partial charge in [0.1, 0.15) is 6.04 Å². The lowest BCUT2D eigenvalue weighted by Gasteiger charge is -2.19. The van der Waals surface area contributed by atoms with Crippen molar-refractivity contribution in [2.75, 3.05) is 0 Å². The van der Waals surface area contributed by atoms with Gasteiger partial charge in [0.2, 0.25) is 0 Å². The quantitative estimate of drug-likeness (QED) is 0.839. The molecule has 2 N–H and O–H groups in total. The third kappa shape index (κ3) is 3.94. The van der Waals surface area contributed by atoms with Crippen molar-refractivity contribution in [2.24, 2.45) is 5.92 Å². The minimum atomic E-state index is -1.05. The minimum Gasteiger partial charge on any atom is -0.480 e. The second-order valence-electron chi connectivity index (χ2n) is 5.74. The van der Waals surface area contributed by atoms with Crippen molar-refractivity contribution in [1.29, 1.82) is 0 Å². The Labute approximate surface area is 145 Å². The van der Waals surface area contributed by atoms with Gasteiger partial charge in [0.25, 0.3) is 5.91 Å². The summed E-state index contributed by atoms with van der Waals surface area (Å²) in [6.07, 6.45) is 0.646. The normalized spacial score (nSPS) is 13.3. The molecule has 0 aliphatic rings. The fourth-order valence-electron chi connectivity index (χ4n) is 2.35. The van der Waals surface area contributed by atoms with E-state index < -0.39 is 17.9 Å². The number of carbonyl (C=O) groups is 2. The first-order valence-electron chi connectivity index (χ1n) is 7.69. The number of hydrogen-bond acceptors (Lipinski definition) is 3. The maximum Gasteiger partial charge on any atom is 0.326 e. The Morgan fingerprint density at radius 2 is 2.08 bits per heavy atom. The molecule has 1 aromatic carbocycles. The standard InChI is InChI=1S/C17H20ClN3O3/c1-4-10(2)15(17(23)24)19-16(22)14-8-11(3)21(20-14)13-7-5-6-12(18)9-13/h5-10,15H,4H2,1-3H3,(H,19,22)(H,23,24). The van der Waals surface area contributed by atoms with Gasteiger partial charge >= 0.3 is 5.97 Å². The van der Waals surface area contributed by atoms with E-state index in [2.05, 4.69) is 10.4 Å². The van der Waals surface area contributed by atoms with Gasteiger partial charge in [0, 0.05) is 10.7 Å². The fraction of sp³-hybridized carbons (Fsp3) is 0.353. The molecule has 0 aliphatic carbocycles. The molecule has 1 aromatic heterocycles. The predicted octanol–water partition coefficient (Wildman–Crippen LogP) is 3.06. The van der Waals surface area contributed by atoms with Crippen LogP contribution in [0.3, 0.4) is 0 Å². The zero-order chi connectivity index (χ0) is 17.9. The summed E-state index contributed by atoms with van der Waals surface area (Å²) in [6, 6.07) is 7.78. The van der Waals surface area contributed by atoms with E-state index in [0.717, 1.165) is 11.4 Å². The number of carbonyl (C=O) groups excluding carboxylic acids is 1. The van der Waals surface area contributed by atoms with E-state index in [1.54, 1.807) is 35.9 Å². The van der Waals surface area contributed by atoms with E-state index in [4.69, 9.17) is 11.6 Å². The third-order valence-corrected chi connectivity index (χ3v) is 4.17. The van der Waals surface area contributed by atoms with Gasteiger partial charge in [-0.05, 0) is 37.1 Å². The van der Waals surface area contributed by atoms with E-state index in [0.29, 0.717) is 11.4 Å². The lowest BCUT2D eigenvalue weighted by atomic mass is 9.99. The number of aliphatic carboxylic acids is 1. The molecule has 1 amide bonds. The van der Waals surface area contributed by atoms with Crippen LogP contribution in [0.25, 0.3) is 5.69 Å². The number of benzene rings is 1. The predicted molar refractivity (Wildman–Crippen MR) is 91.7 cm³/mol. The summed E-state index contributed by atoms with van der Waals surface area (Å²) < 4.78 is 1.60. The summed E-state index contributed by atoms with van der Waals surface area (Å²) >= 11 is 5.99. The Morgan fingerprint density at radius 3 is 2.67 bits per heavy atom. The first-order chi connectivity index (χ1) is 11.3. The first-order valence-corrected chi connectivity index (χ1v) is 8.07. The second-order valence-corrected chi connectivity index (χ2v) is 6.17. The number of carboxylic acids is 1. The highest BCUT2D eigenvalue weighted by Crippen LogP contribution is 2.17. The van der Waals surface area contributed by atoms with Crippen molar-refractivity contribution < 1.29 is 14.7 Å². The van der Waals surface area contributed by atoms with Gasteiger partial charge in [-0.2, -0.15) is 5.10 Å². The van der Waals surface area contributed by atoms with Crippen LogP contribution in [0.15, 0.2) is 30.3 Å². The number of carboxylic acid groups (broad SMARTS) is 1. The molecule has 7 heteroatoms. The summed E-state index contributed by atoms with van der Waals surface area (Å²) in [4.78, 5) is 23.7. The van der Waals surface area contributed by atoms with Gasteiger partial charge in [-0.3, -0.25) is 4.79 Å². The van der Waals surface area contributed by atoms with Crippen LogP contribution in [0.5, 0.6) is 0 Å². The highest BCUT2D eigenvalue weighted by atomic mass is 35.5. The molecule has 0 radical (unpaired) electrons. The molecular weight excluding hydrogens is 330 g/mol. The van der Waals surface area contributed by atoms with Crippen LogP contribution >= 0.6 is 11.6 Å². The molecule has 2 unspecified atom stereocenters. The molecule has 2 aromatic rings. The molecule has 0 fully saturated rings. The number of nitrogens with zero attached hydrogens (tertiary/aromatic N) is 2. The molecule has 2 atom stereocenters. The largest absolute Gasteiger partial charge is 0.480 e. The second kappa shape index (κ2) is 7.49. The Kier molecular flexibility index (Phi) is 5.62. The Balaban J connectivity index is 2.25. The van der Waals surface area contributed by atoms with Gasteiger partial charge in [-0.15, -0.1) is 0 Å². The molecule has 1 heterocycles. The monoisotopic (exact) mass is 349 g/mol. The average Bonchev–Trinajstić information content (AvgIpc) is 2.93. The van der Waals surface area contributed by atoms with Gasteiger partial charge in [0.05, 0.1) is 5.69 Å². The summed E-state index contributed by atoms with van der Waals surface area (Å²) in [5.74, 6) is -1.74. The van der Waals surface area contributed by atoms with E-state index in [-0.39, 0.29) is 11.6 Å². The molecule has 128 valence electrons. The van der Waals surface area contributed by atoms with Crippen LogP contribution in [-0.4, -0.2) is 32.8 Å². The van der Waals surface area contributed by atoms with Crippen molar-refractivity contribution in [3.8, 4) is 5.69 Å². The number of rotatable bonds is 6. The van der Waals surface area contributed by atoms with Crippen LogP contribution in [0, 0.1) is 12.8 Å². The maximum absolute atomic E-state index is 12.4. The Hall–Kier alpha value is -2.34. The van der Waals surface area contributed by atoms with Crippen LogP contribution in [-0.2, 0) is 4.79 Å². The number of aromatic nitrogens is 2. The summed E-state index contributed by atoms with van der Waals surface area (Å²) in [6.45, 7) is 5.48. The van der Waals surface area contributed by atoms with Crippen LogP contribution in [0.2, 0.25) is 5.02 Å². The highest BCUT2D eigenvalue weighted by Gasteiger charge is 2.26. The van der Waals surface area contributed by atoms with Gasteiger partial charge in [0.15, 0.2) is 5.69 Å². The Morgan fingerprint density at radius 1 is 1.38 bits per heavy atom. The molecule has 2 rings (SSSR count). The third-order valence-electron chi connectivity index (χ3n) is 3.94. The van der Waals surface area contributed by atoms with E-state index >= 15 is 0 Å². The fourth-order valence-corrected chi connectivity index (χ4v) is 2.54. The molecule has 6 nitrogen and oxygen atoms in total. The molecule has 0 bridgehead atoms. The van der Waals surface area contributed by atoms with E-state index in [1.165, 1.54) is 0 Å². The topological polar surface area (TPSA) is 84.2 Å². The SMILES string of the molecule is CCC(C)C(NC(=O)c1cc(C)n(-c2cccc(Cl)c2)n1)C(=O)O. The number of aryl methyl sites for hydroxylation is 1. The van der Waals surface area contributed by atoms with E-state index in [9.17, 15) is 14.7 Å². The van der Waals surface area contributed by atoms with Crippen molar-refractivity contribution in [1.82, 2.24) is 15.1 Å². The number of amides is 1. The van der Waals surface area contributed by atoms with Crippen LogP contribution in [0.4, 0.5) is 0 Å². The molecule has 0 spiro atoms. The minimum absolute atomic E-state index is 0.169. The van der Waals surface area contributed by atoms with Gasteiger partial charge in [-0.25, -0.2) is 9.48 Å².